The van der Waals surface area contributed by atoms with E-state index in [-0.39, 0.29) is 11.9 Å². The largest absolute Gasteiger partial charge is 0.463 e. The van der Waals surface area contributed by atoms with Crippen LogP contribution >= 0.6 is 11.3 Å². The highest BCUT2D eigenvalue weighted by molar-refractivity contribution is 7.16. The number of aromatic nitrogens is 3. The molecule has 0 aliphatic heterocycles. The summed E-state index contributed by atoms with van der Waals surface area (Å²) in [6.07, 6.45) is 3.18. The molecule has 0 spiro atoms. The van der Waals surface area contributed by atoms with Crippen LogP contribution in [-0.4, -0.2) is 26.6 Å². The molecule has 154 valence electrons. The highest BCUT2D eigenvalue weighted by Crippen LogP contribution is 2.33. The number of primary amides is 1. The molecule has 0 fully saturated rings. The van der Waals surface area contributed by atoms with E-state index in [4.69, 9.17) is 10.2 Å². The third-order valence-electron chi connectivity index (χ3n) is 4.93. The molecule has 0 atom stereocenters. The van der Waals surface area contributed by atoms with E-state index in [1.165, 1.54) is 11.3 Å². The van der Waals surface area contributed by atoms with Crippen LogP contribution in [0.3, 0.4) is 0 Å². The first kappa shape index (κ1) is 19.8. The van der Waals surface area contributed by atoms with Crippen molar-refractivity contribution in [1.29, 1.82) is 0 Å². The van der Waals surface area contributed by atoms with Crippen LogP contribution in [0.2, 0.25) is 0 Å². The Morgan fingerprint density at radius 1 is 1.30 bits per heavy atom. The number of hydrogen-bond acceptors (Lipinski definition) is 6. The van der Waals surface area contributed by atoms with Gasteiger partial charge in [0.05, 0.1) is 29.0 Å². The molecule has 0 radical (unpaired) electrons. The summed E-state index contributed by atoms with van der Waals surface area (Å²) < 4.78 is 7.24. The van der Waals surface area contributed by atoms with Gasteiger partial charge < -0.3 is 15.5 Å². The van der Waals surface area contributed by atoms with E-state index in [0.717, 1.165) is 10.4 Å². The quantitative estimate of drug-likeness (QED) is 0.496. The third kappa shape index (κ3) is 3.26. The number of nitrogens with zero attached hydrogens (tertiary/aromatic N) is 3. The van der Waals surface area contributed by atoms with Crippen molar-refractivity contribution in [3.05, 3.63) is 52.2 Å². The topological polar surface area (TPSA) is 116 Å². The number of pyridine rings is 1. The van der Waals surface area contributed by atoms with Gasteiger partial charge in [-0.2, -0.15) is 5.10 Å². The standard InChI is InChI=1S/C21H21N5O3S/c1-10(2)26-19-14(9-23-26)13(8-15(24-19)16-6-5-7-29-16)20(28)25-21-17(18(22)27)11(3)12(4)30-21/h5-10H,1-4H3,(H2,22,27)(H,25,28). The number of carbonyl (C=O) groups is 2. The number of nitrogens with one attached hydrogen (secondary N) is 1. The van der Waals surface area contributed by atoms with E-state index in [9.17, 15) is 9.59 Å². The highest BCUT2D eigenvalue weighted by atomic mass is 32.1. The van der Waals surface area contributed by atoms with Crippen molar-refractivity contribution >= 4 is 39.2 Å². The number of anilines is 1. The Labute approximate surface area is 176 Å². The molecule has 0 aromatic carbocycles. The number of hydrogen-bond donors (Lipinski definition) is 2. The van der Waals surface area contributed by atoms with Gasteiger partial charge in [0.1, 0.15) is 10.7 Å². The molecule has 9 heteroatoms. The Hall–Kier alpha value is -3.46. The summed E-state index contributed by atoms with van der Waals surface area (Å²) in [5.41, 5.74) is 8.13. The molecule has 4 rings (SSSR count). The normalized spacial score (nSPS) is 11.4. The number of rotatable bonds is 5. The van der Waals surface area contributed by atoms with E-state index in [1.54, 1.807) is 35.3 Å². The lowest BCUT2D eigenvalue weighted by Gasteiger charge is -2.10. The van der Waals surface area contributed by atoms with Gasteiger partial charge in [0, 0.05) is 10.9 Å². The second kappa shape index (κ2) is 7.42. The fourth-order valence-corrected chi connectivity index (χ4v) is 4.38. The lowest BCUT2D eigenvalue weighted by molar-refractivity contribution is 0.100. The number of carbonyl (C=O) groups excluding carboxylic acids is 2. The zero-order chi connectivity index (χ0) is 21.6. The van der Waals surface area contributed by atoms with Gasteiger partial charge in [-0.05, 0) is 51.5 Å². The summed E-state index contributed by atoms with van der Waals surface area (Å²) in [6, 6.07) is 5.27. The fraction of sp³-hybridized carbons (Fsp3) is 0.238. The summed E-state index contributed by atoms with van der Waals surface area (Å²) >= 11 is 1.32. The maximum Gasteiger partial charge on any atom is 0.257 e. The molecular weight excluding hydrogens is 402 g/mol. The van der Waals surface area contributed by atoms with Crippen molar-refractivity contribution in [2.45, 2.75) is 33.7 Å². The molecule has 0 bridgehead atoms. The van der Waals surface area contributed by atoms with Gasteiger partial charge in [-0.15, -0.1) is 11.3 Å². The van der Waals surface area contributed by atoms with Crippen LogP contribution in [0, 0.1) is 13.8 Å². The van der Waals surface area contributed by atoms with E-state index >= 15 is 0 Å². The van der Waals surface area contributed by atoms with Crippen molar-refractivity contribution in [3.8, 4) is 11.5 Å². The molecule has 0 aliphatic rings. The first-order valence-corrected chi connectivity index (χ1v) is 10.2. The molecule has 0 saturated carbocycles. The van der Waals surface area contributed by atoms with E-state index in [0.29, 0.717) is 38.6 Å². The van der Waals surface area contributed by atoms with Crippen LogP contribution in [0.4, 0.5) is 5.00 Å². The molecule has 2 amide bonds. The van der Waals surface area contributed by atoms with Crippen molar-refractivity contribution in [2.24, 2.45) is 5.73 Å². The molecule has 0 unspecified atom stereocenters. The zero-order valence-electron chi connectivity index (χ0n) is 17.0. The number of thiophene rings is 1. The molecule has 0 aliphatic carbocycles. The third-order valence-corrected chi connectivity index (χ3v) is 6.06. The number of fused-ring (bicyclic) bond motifs is 1. The summed E-state index contributed by atoms with van der Waals surface area (Å²) in [5, 5.41) is 8.31. The summed E-state index contributed by atoms with van der Waals surface area (Å²) in [5.74, 6) is -0.402. The summed E-state index contributed by atoms with van der Waals surface area (Å²) in [4.78, 5) is 30.8. The van der Waals surface area contributed by atoms with Crippen LogP contribution in [0.1, 0.15) is 51.0 Å². The summed E-state index contributed by atoms with van der Waals surface area (Å²) in [7, 11) is 0. The minimum atomic E-state index is -0.573. The Balaban J connectivity index is 1.85. The van der Waals surface area contributed by atoms with E-state index < -0.39 is 5.91 Å². The second-order valence-corrected chi connectivity index (χ2v) is 8.48. The van der Waals surface area contributed by atoms with Crippen LogP contribution in [0.15, 0.2) is 35.1 Å². The molecular formula is C21H21N5O3S. The molecule has 30 heavy (non-hydrogen) atoms. The molecule has 8 nitrogen and oxygen atoms in total. The molecule has 4 aromatic heterocycles. The van der Waals surface area contributed by atoms with Crippen molar-refractivity contribution in [2.75, 3.05) is 5.32 Å². The first-order chi connectivity index (χ1) is 14.3. The van der Waals surface area contributed by atoms with E-state index in [2.05, 4.69) is 15.4 Å². The van der Waals surface area contributed by atoms with Gasteiger partial charge in [-0.1, -0.05) is 0 Å². The van der Waals surface area contributed by atoms with Crippen LogP contribution in [0.5, 0.6) is 0 Å². The molecule has 0 saturated heterocycles. The Morgan fingerprint density at radius 2 is 2.07 bits per heavy atom. The number of furan rings is 1. The second-order valence-electron chi connectivity index (χ2n) is 7.26. The predicted molar refractivity (Wildman–Crippen MR) is 116 cm³/mol. The lowest BCUT2D eigenvalue weighted by Crippen LogP contribution is -2.18. The van der Waals surface area contributed by atoms with Crippen LogP contribution in [-0.2, 0) is 0 Å². The SMILES string of the molecule is Cc1sc(NC(=O)c2cc(-c3ccco3)nc3c2cnn3C(C)C)c(C(N)=O)c1C. The highest BCUT2D eigenvalue weighted by Gasteiger charge is 2.23. The van der Waals surface area contributed by atoms with Crippen molar-refractivity contribution < 1.29 is 14.0 Å². The maximum absolute atomic E-state index is 13.3. The van der Waals surface area contributed by atoms with Gasteiger partial charge >= 0.3 is 0 Å². The monoisotopic (exact) mass is 423 g/mol. The Kier molecular flexibility index (Phi) is 4.90. The fourth-order valence-electron chi connectivity index (χ4n) is 3.32. The average molecular weight is 423 g/mol. The van der Waals surface area contributed by atoms with Gasteiger partial charge in [0.25, 0.3) is 11.8 Å². The van der Waals surface area contributed by atoms with Gasteiger partial charge in [0.2, 0.25) is 0 Å². The molecule has 4 heterocycles. The van der Waals surface area contributed by atoms with Gasteiger partial charge in [0.15, 0.2) is 11.4 Å². The maximum atomic E-state index is 13.3. The number of aryl methyl sites for hydroxylation is 1. The summed E-state index contributed by atoms with van der Waals surface area (Å²) in [6.45, 7) is 7.68. The van der Waals surface area contributed by atoms with E-state index in [1.807, 2.05) is 27.7 Å². The van der Waals surface area contributed by atoms with Crippen LogP contribution < -0.4 is 11.1 Å². The first-order valence-electron chi connectivity index (χ1n) is 9.41. The van der Waals surface area contributed by atoms with Gasteiger partial charge in [-0.3, -0.25) is 9.59 Å². The van der Waals surface area contributed by atoms with Crippen molar-refractivity contribution in [1.82, 2.24) is 14.8 Å². The molecule has 3 N–H and O–H groups in total. The predicted octanol–water partition coefficient (Wildman–Crippen LogP) is 4.30. The Morgan fingerprint density at radius 3 is 2.70 bits per heavy atom. The lowest BCUT2D eigenvalue weighted by atomic mass is 10.1. The average Bonchev–Trinajstić information content (AvgIpc) is 3.40. The minimum absolute atomic E-state index is 0.0572. The smallest absolute Gasteiger partial charge is 0.257 e. The van der Waals surface area contributed by atoms with Crippen molar-refractivity contribution in [3.63, 3.8) is 0 Å². The molecule has 4 aromatic rings. The minimum Gasteiger partial charge on any atom is -0.463 e. The Bertz CT molecular complexity index is 1270. The zero-order valence-corrected chi connectivity index (χ0v) is 17.8. The van der Waals surface area contributed by atoms with Crippen LogP contribution in [0.25, 0.3) is 22.5 Å². The number of amides is 2. The number of nitrogens with two attached hydrogens (primary N) is 1. The van der Waals surface area contributed by atoms with Gasteiger partial charge in [-0.25, -0.2) is 9.67 Å².